The number of benzene rings is 1. The number of imidazole rings is 1. The van der Waals surface area contributed by atoms with Crippen molar-refractivity contribution in [3.8, 4) is 0 Å². The summed E-state index contributed by atoms with van der Waals surface area (Å²) >= 11 is 18.1. The molecule has 1 aromatic heterocycles. The summed E-state index contributed by atoms with van der Waals surface area (Å²) in [5.41, 5.74) is 1.82. The Morgan fingerprint density at radius 2 is 1.95 bits per heavy atom. The highest BCUT2D eigenvalue weighted by atomic mass is 35.5. The fourth-order valence-electron chi connectivity index (χ4n) is 1.95. The smallest absolute Gasteiger partial charge is 0.124 e. The van der Waals surface area contributed by atoms with Crippen LogP contribution < -0.4 is 0 Å². The van der Waals surface area contributed by atoms with Crippen molar-refractivity contribution in [2.24, 2.45) is 0 Å². The molecule has 1 heterocycles. The molecule has 2 rings (SSSR count). The minimum absolute atomic E-state index is 0.375. The zero-order valence-corrected chi connectivity index (χ0v) is 13.2. The van der Waals surface area contributed by atoms with Crippen molar-refractivity contribution in [3.05, 3.63) is 28.0 Å². The molecular weight excluding hydrogens is 305 g/mol. The fourth-order valence-corrected chi connectivity index (χ4v) is 2.47. The number of aromatic nitrogens is 2. The van der Waals surface area contributed by atoms with Crippen molar-refractivity contribution in [1.82, 2.24) is 14.5 Å². The molecule has 0 atom stereocenters. The lowest BCUT2D eigenvalue weighted by Gasteiger charge is -2.15. The molecule has 0 saturated heterocycles. The maximum Gasteiger partial charge on any atom is 0.124 e. The predicted molar refractivity (Wildman–Crippen MR) is 82.5 cm³/mol. The van der Waals surface area contributed by atoms with Gasteiger partial charge < -0.3 is 9.47 Å². The number of alkyl halides is 1. The van der Waals surface area contributed by atoms with Gasteiger partial charge in [0.15, 0.2) is 0 Å². The number of likely N-dealkylation sites (N-methyl/N-ethyl adjacent to an activating group) is 1. The molecule has 0 bridgehead atoms. The minimum atomic E-state index is 0.375. The first-order valence-corrected chi connectivity index (χ1v) is 7.44. The van der Waals surface area contributed by atoms with E-state index in [0.717, 1.165) is 36.5 Å². The normalized spacial score (nSPS) is 11.7. The Labute approximate surface area is 128 Å². The predicted octanol–water partition coefficient (Wildman–Crippen LogP) is 4.03. The van der Waals surface area contributed by atoms with Crippen LogP contribution in [0.1, 0.15) is 12.7 Å². The number of halogens is 3. The van der Waals surface area contributed by atoms with E-state index in [0.29, 0.717) is 15.9 Å². The maximum absolute atomic E-state index is 6.09. The van der Waals surface area contributed by atoms with E-state index in [1.807, 2.05) is 6.07 Å². The van der Waals surface area contributed by atoms with Crippen LogP contribution in [-0.2, 0) is 12.4 Å². The van der Waals surface area contributed by atoms with Gasteiger partial charge in [0.2, 0.25) is 0 Å². The molecule has 0 N–H and O–H groups in total. The second kappa shape index (κ2) is 6.31. The highest BCUT2D eigenvalue weighted by molar-refractivity contribution is 6.42. The quantitative estimate of drug-likeness (QED) is 0.775. The molecule has 3 nitrogen and oxygen atoms in total. The van der Waals surface area contributed by atoms with E-state index >= 15 is 0 Å². The first-order chi connectivity index (χ1) is 9.06. The molecule has 1 aromatic carbocycles. The minimum Gasteiger partial charge on any atom is -0.326 e. The molecule has 0 aliphatic carbocycles. The van der Waals surface area contributed by atoms with Crippen molar-refractivity contribution < 1.29 is 0 Å². The largest absolute Gasteiger partial charge is 0.326 e. The van der Waals surface area contributed by atoms with Gasteiger partial charge >= 0.3 is 0 Å². The summed E-state index contributed by atoms with van der Waals surface area (Å²) in [4.78, 5) is 6.74. The average molecular weight is 321 g/mol. The van der Waals surface area contributed by atoms with Gasteiger partial charge in [-0.3, -0.25) is 0 Å². The molecular formula is C13H16Cl3N3. The summed E-state index contributed by atoms with van der Waals surface area (Å²) < 4.78 is 2.11. The van der Waals surface area contributed by atoms with Gasteiger partial charge in [0.25, 0.3) is 0 Å². The first kappa shape index (κ1) is 14.9. The number of hydrogen-bond acceptors (Lipinski definition) is 2. The van der Waals surface area contributed by atoms with Crippen molar-refractivity contribution in [2.45, 2.75) is 19.3 Å². The standard InChI is InChI=1S/C13H16Cl3N3/c1-3-18(2)4-5-19-12-7-10(16)9(15)6-11(12)17-13(19)8-14/h6-7H,3-5,8H2,1-2H3. The van der Waals surface area contributed by atoms with Crippen LogP contribution in [0.2, 0.25) is 10.0 Å². The molecule has 0 saturated carbocycles. The van der Waals surface area contributed by atoms with E-state index < -0.39 is 0 Å². The van der Waals surface area contributed by atoms with Gasteiger partial charge in [-0.05, 0) is 25.7 Å². The fraction of sp³-hybridized carbons (Fsp3) is 0.462. The van der Waals surface area contributed by atoms with Gasteiger partial charge in [0.05, 0.1) is 27.0 Å². The zero-order valence-electron chi connectivity index (χ0n) is 11.0. The Hall–Kier alpha value is -0.480. The van der Waals surface area contributed by atoms with Crippen molar-refractivity contribution in [3.63, 3.8) is 0 Å². The lowest BCUT2D eigenvalue weighted by molar-refractivity contribution is 0.335. The van der Waals surface area contributed by atoms with Crippen molar-refractivity contribution in [2.75, 3.05) is 20.1 Å². The molecule has 0 spiro atoms. The molecule has 0 aliphatic heterocycles. The molecule has 104 valence electrons. The van der Waals surface area contributed by atoms with Crippen molar-refractivity contribution in [1.29, 1.82) is 0 Å². The highest BCUT2D eigenvalue weighted by Crippen LogP contribution is 2.28. The summed E-state index contributed by atoms with van der Waals surface area (Å²) in [5, 5.41) is 1.06. The zero-order chi connectivity index (χ0) is 14.0. The Kier molecular flexibility index (Phi) is 4.96. The van der Waals surface area contributed by atoms with E-state index in [9.17, 15) is 0 Å². The second-order valence-electron chi connectivity index (χ2n) is 4.46. The lowest BCUT2D eigenvalue weighted by atomic mass is 10.3. The Bertz CT molecular complexity index is 580. The molecule has 0 radical (unpaired) electrons. The third-order valence-electron chi connectivity index (χ3n) is 3.23. The molecule has 0 aliphatic rings. The summed E-state index contributed by atoms with van der Waals surface area (Å²) in [5.74, 6) is 1.22. The van der Waals surface area contributed by atoms with E-state index in [4.69, 9.17) is 34.8 Å². The van der Waals surface area contributed by atoms with Gasteiger partial charge in [0.1, 0.15) is 5.82 Å². The van der Waals surface area contributed by atoms with Crippen LogP contribution in [0.3, 0.4) is 0 Å². The van der Waals surface area contributed by atoms with E-state index in [1.165, 1.54) is 0 Å². The van der Waals surface area contributed by atoms with Crippen LogP contribution in [0.15, 0.2) is 12.1 Å². The van der Waals surface area contributed by atoms with Crippen LogP contribution in [0.5, 0.6) is 0 Å². The number of hydrogen-bond donors (Lipinski definition) is 0. The van der Waals surface area contributed by atoms with Gasteiger partial charge in [-0.2, -0.15) is 0 Å². The van der Waals surface area contributed by atoms with E-state index in [2.05, 4.69) is 28.4 Å². The van der Waals surface area contributed by atoms with Crippen molar-refractivity contribution >= 4 is 45.8 Å². The van der Waals surface area contributed by atoms with Gasteiger partial charge in [-0.25, -0.2) is 4.98 Å². The third kappa shape index (κ3) is 3.16. The number of rotatable bonds is 5. The van der Waals surface area contributed by atoms with Crippen LogP contribution in [0.25, 0.3) is 11.0 Å². The molecule has 0 fully saturated rings. The first-order valence-electron chi connectivity index (χ1n) is 6.15. The summed E-state index contributed by atoms with van der Waals surface area (Å²) in [6, 6.07) is 3.64. The van der Waals surface area contributed by atoms with Crippen LogP contribution in [0.4, 0.5) is 0 Å². The van der Waals surface area contributed by atoms with Gasteiger partial charge in [-0.1, -0.05) is 30.1 Å². The molecule has 0 unspecified atom stereocenters. The number of nitrogens with zero attached hydrogens (tertiary/aromatic N) is 3. The summed E-state index contributed by atoms with van der Waals surface area (Å²) in [6.45, 7) is 4.91. The monoisotopic (exact) mass is 319 g/mol. The van der Waals surface area contributed by atoms with Crippen LogP contribution >= 0.6 is 34.8 Å². The third-order valence-corrected chi connectivity index (χ3v) is 4.20. The second-order valence-corrected chi connectivity index (χ2v) is 5.55. The van der Waals surface area contributed by atoms with Crippen LogP contribution in [0, 0.1) is 0 Å². The highest BCUT2D eigenvalue weighted by Gasteiger charge is 2.12. The molecule has 6 heteroatoms. The summed E-state index contributed by atoms with van der Waals surface area (Å²) in [7, 11) is 2.09. The summed E-state index contributed by atoms with van der Waals surface area (Å²) in [6.07, 6.45) is 0. The molecule has 2 aromatic rings. The van der Waals surface area contributed by atoms with E-state index in [-0.39, 0.29) is 0 Å². The Morgan fingerprint density at radius 3 is 2.58 bits per heavy atom. The van der Waals surface area contributed by atoms with Crippen LogP contribution in [-0.4, -0.2) is 34.6 Å². The number of fused-ring (bicyclic) bond motifs is 1. The topological polar surface area (TPSA) is 21.1 Å². The molecule has 0 amide bonds. The Balaban J connectivity index is 2.42. The average Bonchev–Trinajstić information content (AvgIpc) is 2.73. The SMILES string of the molecule is CCN(C)CCn1c(CCl)nc2cc(Cl)c(Cl)cc21. The Morgan fingerprint density at radius 1 is 1.26 bits per heavy atom. The maximum atomic E-state index is 6.09. The lowest BCUT2D eigenvalue weighted by Crippen LogP contribution is -2.23. The molecule has 19 heavy (non-hydrogen) atoms. The van der Waals surface area contributed by atoms with E-state index in [1.54, 1.807) is 6.07 Å². The van der Waals surface area contributed by atoms with Gasteiger partial charge in [-0.15, -0.1) is 11.6 Å². The van der Waals surface area contributed by atoms with Gasteiger partial charge in [0, 0.05) is 13.1 Å².